The number of hydrogen-bond donors (Lipinski definition) is 0. The lowest BCUT2D eigenvalue weighted by molar-refractivity contribution is -0.200. The number of nitrogens with zero attached hydrogens (tertiary/aromatic N) is 2. The van der Waals surface area contributed by atoms with E-state index in [0.717, 1.165) is 16.9 Å². The number of rotatable bonds is 3. The lowest BCUT2D eigenvalue weighted by Gasteiger charge is -2.47. The van der Waals surface area contributed by atoms with E-state index in [0.29, 0.717) is 38.0 Å². The van der Waals surface area contributed by atoms with E-state index >= 15 is 0 Å². The van der Waals surface area contributed by atoms with Gasteiger partial charge < -0.3 is 9.64 Å². The Morgan fingerprint density at radius 2 is 1.93 bits per heavy atom. The zero-order chi connectivity index (χ0) is 19.7. The quantitative estimate of drug-likeness (QED) is 0.746. The van der Waals surface area contributed by atoms with Crippen molar-refractivity contribution in [2.45, 2.75) is 44.5 Å². The number of alkyl halides is 3. The second-order valence-electron chi connectivity index (χ2n) is 7.31. The van der Waals surface area contributed by atoms with Gasteiger partial charge in [0.2, 0.25) is 0 Å². The molecule has 150 valence electrons. The van der Waals surface area contributed by atoms with E-state index in [9.17, 15) is 22.4 Å². The topological polar surface area (TPSA) is 32.8 Å². The molecule has 3 rings (SSSR count). The number of hydrogen-bond acceptors (Lipinski definition) is 3. The zero-order valence-electron chi connectivity index (χ0n) is 15.3. The van der Waals surface area contributed by atoms with Gasteiger partial charge in [-0.3, -0.25) is 9.69 Å². The van der Waals surface area contributed by atoms with E-state index in [2.05, 4.69) is 4.90 Å². The van der Waals surface area contributed by atoms with E-state index in [1.165, 1.54) is 6.07 Å². The van der Waals surface area contributed by atoms with Gasteiger partial charge in [0.05, 0.1) is 18.8 Å². The molecular formula is C19H24F4N2O2. The van der Waals surface area contributed by atoms with Crippen LogP contribution in [0.3, 0.4) is 0 Å². The Bertz CT molecular complexity index is 685. The van der Waals surface area contributed by atoms with Gasteiger partial charge in [-0.2, -0.15) is 13.2 Å². The molecule has 0 saturated carbocycles. The van der Waals surface area contributed by atoms with Crippen LogP contribution in [0.5, 0.6) is 0 Å². The highest BCUT2D eigenvalue weighted by atomic mass is 19.4. The Morgan fingerprint density at radius 3 is 2.56 bits per heavy atom. The fraction of sp³-hybridized carbons (Fsp3) is 0.632. The van der Waals surface area contributed by atoms with Crippen molar-refractivity contribution in [1.82, 2.24) is 9.80 Å². The van der Waals surface area contributed by atoms with Crippen molar-refractivity contribution in [2.24, 2.45) is 0 Å². The normalized spacial score (nSPS) is 20.9. The van der Waals surface area contributed by atoms with E-state index in [1.807, 2.05) is 13.0 Å². The monoisotopic (exact) mass is 388 g/mol. The molecule has 1 aromatic rings. The largest absolute Gasteiger partial charge is 0.471 e. The summed E-state index contributed by atoms with van der Waals surface area (Å²) in [5, 5.41) is 0. The summed E-state index contributed by atoms with van der Waals surface area (Å²) < 4.78 is 58.0. The van der Waals surface area contributed by atoms with Gasteiger partial charge >= 0.3 is 12.1 Å². The molecule has 27 heavy (non-hydrogen) atoms. The van der Waals surface area contributed by atoms with Gasteiger partial charge in [0.15, 0.2) is 0 Å². The molecule has 0 unspecified atom stereocenters. The minimum atomic E-state index is -4.86. The van der Waals surface area contributed by atoms with E-state index in [-0.39, 0.29) is 25.5 Å². The van der Waals surface area contributed by atoms with Crippen LogP contribution in [0.25, 0.3) is 0 Å². The number of carbonyl (C=O) groups is 1. The molecule has 1 spiro atoms. The van der Waals surface area contributed by atoms with Crippen molar-refractivity contribution in [2.75, 3.05) is 32.8 Å². The smallest absolute Gasteiger partial charge is 0.371 e. The fourth-order valence-electron chi connectivity index (χ4n) is 3.83. The van der Waals surface area contributed by atoms with Crippen LogP contribution in [-0.2, 0) is 22.5 Å². The van der Waals surface area contributed by atoms with Gasteiger partial charge in [0.1, 0.15) is 5.82 Å². The van der Waals surface area contributed by atoms with E-state index < -0.39 is 17.7 Å². The first-order valence-corrected chi connectivity index (χ1v) is 9.22. The van der Waals surface area contributed by atoms with Crippen LogP contribution >= 0.6 is 0 Å². The molecule has 4 nitrogen and oxygen atoms in total. The Balaban J connectivity index is 1.60. The first-order valence-electron chi connectivity index (χ1n) is 9.22. The summed E-state index contributed by atoms with van der Waals surface area (Å²) in [6.07, 6.45) is -3.00. The number of aryl methyl sites for hydroxylation is 1. The molecule has 2 heterocycles. The number of amides is 1. The highest BCUT2D eigenvalue weighted by Crippen LogP contribution is 2.32. The molecule has 0 N–H and O–H groups in total. The molecule has 2 fully saturated rings. The van der Waals surface area contributed by atoms with E-state index in [4.69, 9.17) is 4.74 Å². The maximum absolute atomic E-state index is 14.1. The molecule has 0 aromatic heterocycles. The molecule has 0 aliphatic carbocycles. The highest BCUT2D eigenvalue weighted by Gasteiger charge is 2.48. The van der Waals surface area contributed by atoms with Crippen LogP contribution in [0.4, 0.5) is 17.6 Å². The number of carbonyl (C=O) groups excluding carboxylic acids is 1. The van der Waals surface area contributed by atoms with Crippen molar-refractivity contribution >= 4 is 5.91 Å². The third kappa shape index (κ3) is 4.60. The second-order valence-corrected chi connectivity index (χ2v) is 7.31. The summed E-state index contributed by atoms with van der Waals surface area (Å²) >= 11 is 0. The maximum Gasteiger partial charge on any atom is 0.471 e. The average molecular weight is 388 g/mol. The van der Waals surface area contributed by atoms with Crippen LogP contribution < -0.4 is 0 Å². The highest BCUT2D eigenvalue weighted by molar-refractivity contribution is 5.82. The zero-order valence-corrected chi connectivity index (χ0v) is 15.3. The molecule has 0 atom stereocenters. The Labute approximate surface area is 156 Å². The van der Waals surface area contributed by atoms with Gasteiger partial charge in [-0.25, -0.2) is 4.39 Å². The van der Waals surface area contributed by atoms with Crippen LogP contribution in [0, 0.1) is 5.82 Å². The van der Waals surface area contributed by atoms with Gasteiger partial charge in [-0.1, -0.05) is 19.1 Å². The van der Waals surface area contributed by atoms with Crippen molar-refractivity contribution in [3.05, 3.63) is 35.1 Å². The van der Waals surface area contributed by atoms with Crippen LogP contribution in [-0.4, -0.2) is 60.3 Å². The Kier molecular flexibility index (Phi) is 5.76. The molecule has 2 aliphatic heterocycles. The molecular weight excluding hydrogens is 364 g/mol. The minimum absolute atomic E-state index is 0.0428. The van der Waals surface area contributed by atoms with Crippen molar-refractivity contribution in [3.8, 4) is 0 Å². The molecule has 2 aliphatic rings. The molecule has 1 amide bonds. The van der Waals surface area contributed by atoms with Gasteiger partial charge in [-0.15, -0.1) is 0 Å². The SMILES string of the molecule is CCc1ccc(F)c(CN2CCC3(CC2)CN(C(=O)C(F)(F)F)CCO3)c1. The number of piperidine rings is 1. The Morgan fingerprint density at radius 1 is 1.22 bits per heavy atom. The van der Waals surface area contributed by atoms with Gasteiger partial charge in [0.25, 0.3) is 0 Å². The maximum atomic E-state index is 14.1. The number of benzene rings is 1. The van der Waals surface area contributed by atoms with Gasteiger partial charge in [0, 0.05) is 31.7 Å². The van der Waals surface area contributed by atoms with Gasteiger partial charge in [-0.05, 0) is 30.9 Å². The predicted molar refractivity (Wildman–Crippen MR) is 91.6 cm³/mol. The second kappa shape index (κ2) is 7.75. The summed E-state index contributed by atoms with van der Waals surface area (Å²) in [7, 11) is 0. The van der Waals surface area contributed by atoms with Crippen LogP contribution in [0.15, 0.2) is 18.2 Å². The summed E-state index contributed by atoms with van der Waals surface area (Å²) in [4.78, 5) is 14.5. The van der Waals surface area contributed by atoms with Crippen molar-refractivity contribution in [3.63, 3.8) is 0 Å². The number of halogens is 4. The lowest BCUT2D eigenvalue weighted by Crippen LogP contribution is -2.59. The molecule has 0 radical (unpaired) electrons. The number of likely N-dealkylation sites (tertiary alicyclic amines) is 1. The number of morpholine rings is 1. The van der Waals surface area contributed by atoms with Crippen LogP contribution in [0.1, 0.15) is 30.9 Å². The third-order valence-corrected chi connectivity index (χ3v) is 5.46. The van der Waals surface area contributed by atoms with Crippen LogP contribution in [0.2, 0.25) is 0 Å². The average Bonchev–Trinajstić information content (AvgIpc) is 2.64. The summed E-state index contributed by atoms with van der Waals surface area (Å²) in [6.45, 7) is 3.66. The molecule has 2 saturated heterocycles. The third-order valence-electron chi connectivity index (χ3n) is 5.46. The standard InChI is InChI=1S/C19H24F4N2O2/c1-2-14-3-4-16(20)15(11-14)12-24-7-5-18(6-8-24)13-25(9-10-27-18)17(26)19(21,22)23/h3-4,11H,2,5-10,12-13H2,1H3. The summed E-state index contributed by atoms with van der Waals surface area (Å²) in [5.41, 5.74) is 0.958. The minimum Gasteiger partial charge on any atom is -0.371 e. The molecule has 0 bridgehead atoms. The molecule has 8 heteroatoms. The molecule has 1 aromatic carbocycles. The first-order chi connectivity index (χ1) is 12.7. The predicted octanol–water partition coefficient (Wildman–Crippen LogP) is 3.14. The lowest BCUT2D eigenvalue weighted by atomic mass is 9.89. The fourth-order valence-corrected chi connectivity index (χ4v) is 3.83. The van der Waals surface area contributed by atoms with E-state index in [1.54, 1.807) is 6.07 Å². The number of ether oxygens (including phenoxy) is 1. The first kappa shape index (κ1) is 20.1. The summed E-state index contributed by atoms with van der Waals surface area (Å²) in [5.74, 6) is -2.05. The summed E-state index contributed by atoms with van der Waals surface area (Å²) in [6, 6.07) is 5.11. The Hall–Kier alpha value is -1.67. The van der Waals surface area contributed by atoms with Crippen molar-refractivity contribution < 1.29 is 27.1 Å². The van der Waals surface area contributed by atoms with Crippen molar-refractivity contribution in [1.29, 1.82) is 0 Å².